The van der Waals surface area contributed by atoms with Crippen LogP contribution in [0.1, 0.15) is 0 Å². The third-order valence-electron chi connectivity index (χ3n) is 1.94. The highest BCUT2D eigenvalue weighted by molar-refractivity contribution is 6.29. The van der Waals surface area contributed by atoms with Gasteiger partial charge >= 0.3 is 0 Å². The minimum atomic E-state index is -0.247. The van der Waals surface area contributed by atoms with Crippen molar-refractivity contribution in [2.45, 2.75) is 6.54 Å². The quantitative estimate of drug-likeness (QED) is 0.802. The van der Waals surface area contributed by atoms with Gasteiger partial charge in [-0.1, -0.05) is 17.7 Å². The Balaban J connectivity index is 1.98. The lowest BCUT2D eigenvalue weighted by molar-refractivity contribution is -0.116. The number of rotatable bonds is 3. The number of pyridine rings is 1. The van der Waals surface area contributed by atoms with Crippen LogP contribution in [0.3, 0.4) is 0 Å². The summed E-state index contributed by atoms with van der Waals surface area (Å²) >= 11 is 5.70. The molecule has 0 fully saturated rings. The predicted molar refractivity (Wildman–Crippen MR) is 64.5 cm³/mol. The number of anilines is 2. The third kappa shape index (κ3) is 3.18. The second-order valence-electron chi connectivity index (χ2n) is 3.36. The van der Waals surface area contributed by atoms with Gasteiger partial charge in [0.1, 0.15) is 17.5 Å². The van der Waals surface area contributed by atoms with Crippen molar-refractivity contribution >= 4 is 29.0 Å². The van der Waals surface area contributed by atoms with Crippen LogP contribution >= 0.6 is 11.6 Å². The number of halogens is 1. The summed E-state index contributed by atoms with van der Waals surface area (Å²) in [6, 6.07) is 4.99. The van der Waals surface area contributed by atoms with Gasteiger partial charge in [0, 0.05) is 6.20 Å². The zero-order valence-corrected chi connectivity index (χ0v) is 9.55. The Bertz CT molecular complexity index is 539. The van der Waals surface area contributed by atoms with Crippen LogP contribution < -0.4 is 11.1 Å². The standard InChI is InChI=1S/C10H10ClN5O/c11-8-2-1-3-9(14-8)15-10(17)6-16-5-7(12)4-13-16/h1-5H,6,12H2,(H,14,15,17). The molecule has 2 aromatic heterocycles. The minimum Gasteiger partial charge on any atom is -0.396 e. The molecule has 0 saturated heterocycles. The normalized spacial score (nSPS) is 10.2. The first-order chi connectivity index (χ1) is 8.13. The summed E-state index contributed by atoms with van der Waals surface area (Å²) in [5.41, 5.74) is 5.99. The number of nitrogens with one attached hydrogen (secondary N) is 1. The Morgan fingerprint density at radius 1 is 1.53 bits per heavy atom. The molecule has 0 radical (unpaired) electrons. The smallest absolute Gasteiger partial charge is 0.247 e. The number of aromatic nitrogens is 3. The minimum absolute atomic E-state index is 0.0748. The summed E-state index contributed by atoms with van der Waals surface area (Å²) in [6.07, 6.45) is 3.05. The molecular formula is C10H10ClN5O. The maximum atomic E-state index is 11.6. The molecule has 0 spiro atoms. The lowest BCUT2D eigenvalue weighted by Crippen LogP contribution is -2.19. The van der Waals surface area contributed by atoms with Crippen LogP contribution in [-0.4, -0.2) is 20.7 Å². The van der Waals surface area contributed by atoms with Gasteiger partial charge in [0.2, 0.25) is 5.91 Å². The number of nitrogen functional groups attached to an aromatic ring is 1. The van der Waals surface area contributed by atoms with E-state index in [2.05, 4.69) is 15.4 Å². The van der Waals surface area contributed by atoms with Gasteiger partial charge in [-0.25, -0.2) is 4.98 Å². The van der Waals surface area contributed by atoms with Gasteiger partial charge in [-0.15, -0.1) is 0 Å². The van der Waals surface area contributed by atoms with Gasteiger partial charge in [-0.3, -0.25) is 9.48 Å². The molecule has 0 saturated carbocycles. The van der Waals surface area contributed by atoms with Gasteiger partial charge in [-0.05, 0) is 12.1 Å². The molecule has 0 unspecified atom stereocenters. The van der Waals surface area contributed by atoms with Crippen molar-refractivity contribution in [1.82, 2.24) is 14.8 Å². The number of carbonyl (C=O) groups is 1. The van der Waals surface area contributed by atoms with Gasteiger partial charge in [-0.2, -0.15) is 5.10 Å². The van der Waals surface area contributed by atoms with E-state index in [4.69, 9.17) is 17.3 Å². The molecule has 2 aromatic rings. The summed E-state index contributed by atoms with van der Waals surface area (Å²) in [5.74, 6) is 0.158. The Labute approximate surface area is 102 Å². The van der Waals surface area contributed by atoms with Crippen LogP contribution in [0, 0.1) is 0 Å². The first-order valence-electron chi connectivity index (χ1n) is 4.84. The Morgan fingerprint density at radius 3 is 3.00 bits per heavy atom. The van der Waals surface area contributed by atoms with Crippen LogP contribution in [-0.2, 0) is 11.3 Å². The van der Waals surface area contributed by atoms with Crippen LogP contribution in [0.15, 0.2) is 30.6 Å². The highest BCUT2D eigenvalue weighted by Crippen LogP contribution is 2.09. The number of nitrogens with two attached hydrogens (primary N) is 1. The average Bonchev–Trinajstić information content (AvgIpc) is 2.63. The number of hydrogen-bond donors (Lipinski definition) is 2. The fourth-order valence-corrected chi connectivity index (χ4v) is 1.44. The summed E-state index contributed by atoms with van der Waals surface area (Å²) < 4.78 is 1.44. The van der Waals surface area contributed by atoms with E-state index in [9.17, 15) is 4.79 Å². The van der Waals surface area contributed by atoms with Gasteiger partial charge < -0.3 is 11.1 Å². The first kappa shape index (κ1) is 11.4. The molecule has 0 atom stereocenters. The second kappa shape index (κ2) is 4.84. The summed E-state index contributed by atoms with van der Waals surface area (Å²) in [5, 5.41) is 6.83. The monoisotopic (exact) mass is 251 g/mol. The lowest BCUT2D eigenvalue weighted by Gasteiger charge is -2.04. The van der Waals surface area contributed by atoms with E-state index in [1.54, 1.807) is 24.4 Å². The van der Waals surface area contributed by atoms with E-state index >= 15 is 0 Å². The largest absolute Gasteiger partial charge is 0.396 e. The van der Waals surface area contributed by atoms with E-state index in [-0.39, 0.29) is 12.5 Å². The topological polar surface area (TPSA) is 85.8 Å². The lowest BCUT2D eigenvalue weighted by atomic mass is 10.4. The van der Waals surface area contributed by atoms with Gasteiger partial charge in [0.25, 0.3) is 0 Å². The zero-order valence-electron chi connectivity index (χ0n) is 8.80. The van der Waals surface area contributed by atoms with Crippen molar-refractivity contribution in [1.29, 1.82) is 0 Å². The Morgan fingerprint density at radius 2 is 2.35 bits per heavy atom. The maximum Gasteiger partial charge on any atom is 0.247 e. The van der Waals surface area contributed by atoms with Gasteiger partial charge in [0.15, 0.2) is 0 Å². The molecule has 17 heavy (non-hydrogen) atoms. The SMILES string of the molecule is Nc1cnn(CC(=O)Nc2cccc(Cl)n2)c1. The van der Waals surface area contributed by atoms with Crippen LogP contribution in [0.4, 0.5) is 11.5 Å². The van der Waals surface area contributed by atoms with Crippen molar-refractivity contribution in [3.05, 3.63) is 35.7 Å². The molecule has 2 rings (SSSR count). The molecule has 7 heteroatoms. The van der Waals surface area contributed by atoms with Crippen LogP contribution in [0.5, 0.6) is 0 Å². The van der Waals surface area contributed by atoms with Crippen molar-refractivity contribution in [2.75, 3.05) is 11.1 Å². The van der Waals surface area contributed by atoms with Crippen molar-refractivity contribution in [2.24, 2.45) is 0 Å². The molecule has 88 valence electrons. The van der Waals surface area contributed by atoms with E-state index < -0.39 is 0 Å². The van der Waals surface area contributed by atoms with E-state index in [1.165, 1.54) is 10.9 Å². The molecule has 0 aliphatic heterocycles. The molecule has 0 bridgehead atoms. The van der Waals surface area contributed by atoms with Crippen LogP contribution in [0.2, 0.25) is 5.15 Å². The molecule has 6 nitrogen and oxygen atoms in total. The predicted octanol–water partition coefficient (Wildman–Crippen LogP) is 1.15. The van der Waals surface area contributed by atoms with E-state index in [0.717, 1.165) is 0 Å². The van der Waals surface area contributed by atoms with Crippen LogP contribution in [0.25, 0.3) is 0 Å². The summed E-state index contributed by atoms with van der Waals surface area (Å²) in [7, 11) is 0. The molecule has 0 aromatic carbocycles. The second-order valence-corrected chi connectivity index (χ2v) is 3.75. The molecule has 2 heterocycles. The average molecular weight is 252 g/mol. The number of carbonyl (C=O) groups excluding carboxylic acids is 1. The van der Waals surface area contributed by atoms with Crippen molar-refractivity contribution < 1.29 is 4.79 Å². The van der Waals surface area contributed by atoms with E-state index in [1.807, 2.05) is 0 Å². The summed E-state index contributed by atoms with van der Waals surface area (Å²) in [6.45, 7) is 0.0748. The Hall–Kier alpha value is -2.08. The zero-order chi connectivity index (χ0) is 12.3. The third-order valence-corrected chi connectivity index (χ3v) is 2.15. The van der Waals surface area contributed by atoms with Crippen molar-refractivity contribution in [3.63, 3.8) is 0 Å². The molecule has 0 aliphatic carbocycles. The van der Waals surface area contributed by atoms with E-state index in [0.29, 0.717) is 16.7 Å². The molecule has 0 aliphatic rings. The fraction of sp³-hybridized carbons (Fsp3) is 0.100. The summed E-state index contributed by atoms with van der Waals surface area (Å²) in [4.78, 5) is 15.5. The fourth-order valence-electron chi connectivity index (χ4n) is 1.27. The number of amides is 1. The highest BCUT2D eigenvalue weighted by atomic mass is 35.5. The van der Waals surface area contributed by atoms with Crippen molar-refractivity contribution in [3.8, 4) is 0 Å². The number of nitrogens with zero attached hydrogens (tertiary/aromatic N) is 3. The highest BCUT2D eigenvalue weighted by Gasteiger charge is 2.05. The Kier molecular flexibility index (Phi) is 3.24. The molecule has 3 N–H and O–H groups in total. The van der Waals surface area contributed by atoms with Gasteiger partial charge in [0.05, 0.1) is 11.9 Å². The molecule has 1 amide bonds. The first-order valence-corrected chi connectivity index (χ1v) is 5.21. The number of hydrogen-bond acceptors (Lipinski definition) is 4. The molecular weight excluding hydrogens is 242 g/mol. The maximum absolute atomic E-state index is 11.6.